The molecular weight excluding hydrogens is 340 g/mol. The van der Waals surface area contributed by atoms with E-state index < -0.39 is 11.8 Å². The van der Waals surface area contributed by atoms with E-state index in [4.69, 9.17) is 11.6 Å². The first kappa shape index (κ1) is 17.2. The maximum Gasteiger partial charge on any atom is 0.312 e. The predicted molar refractivity (Wildman–Crippen MR) is 96.3 cm³/mol. The zero-order chi connectivity index (χ0) is 17.6. The SMILES string of the molecule is O=C(NCc1ccccc1Cl)C(=O)N1CCN(c2ccccn2)CC1. The van der Waals surface area contributed by atoms with Crippen LogP contribution in [-0.2, 0) is 16.1 Å². The molecule has 1 N–H and O–H groups in total. The molecule has 1 aromatic heterocycles. The fourth-order valence-electron chi connectivity index (χ4n) is 2.72. The molecule has 2 amide bonds. The van der Waals surface area contributed by atoms with E-state index >= 15 is 0 Å². The van der Waals surface area contributed by atoms with E-state index in [1.54, 1.807) is 17.2 Å². The molecular formula is C18H19ClN4O2. The average Bonchev–Trinajstić information content (AvgIpc) is 2.67. The zero-order valence-corrected chi connectivity index (χ0v) is 14.4. The molecule has 1 aromatic carbocycles. The standard InChI is InChI=1S/C18H19ClN4O2/c19-15-6-2-1-5-14(15)13-21-17(24)18(25)23-11-9-22(10-12-23)16-7-3-4-8-20-16/h1-8H,9-13H2,(H,21,24). The lowest BCUT2D eigenvalue weighted by Crippen LogP contribution is -2.52. The Morgan fingerprint density at radius 1 is 1.04 bits per heavy atom. The number of amides is 2. The van der Waals surface area contributed by atoms with Crippen molar-refractivity contribution in [1.82, 2.24) is 15.2 Å². The van der Waals surface area contributed by atoms with Crippen LogP contribution in [0.2, 0.25) is 5.02 Å². The molecule has 0 bridgehead atoms. The van der Waals surface area contributed by atoms with Crippen LogP contribution in [0.5, 0.6) is 0 Å². The molecule has 1 fully saturated rings. The average molecular weight is 359 g/mol. The van der Waals surface area contributed by atoms with Crippen molar-refractivity contribution in [2.75, 3.05) is 31.1 Å². The van der Waals surface area contributed by atoms with Gasteiger partial charge in [0.2, 0.25) is 0 Å². The van der Waals surface area contributed by atoms with Gasteiger partial charge >= 0.3 is 11.8 Å². The number of hydrogen-bond donors (Lipinski definition) is 1. The minimum atomic E-state index is -0.605. The fourth-order valence-corrected chi connectivity index (χ4v) is 2.92. The first-order chi connectivity index (χ1) is 12.1. The van der Waals surface area contributed by atoms with E-state index in [1.165, 1.54) is 0 Å². The lowest BCUT2D eigenvalue weighted by atomic mass is 10.2. The van der Waals surface area contributed by atoms with Gasteiger partial charge in [-0.3, -0.25) is 9.59 Å². The van der Waals surface area contributed by atoms with Gasteiger partial charge < -0.3 is 15.1 Å². The van der Waals surface area contributed by atoms with Gasteiger partial charge in [0.1, 0.15) is 5.82 Å². The van der Waals surface area contributed by atoms with Crippen LogP contribution >= 0.6 is 11.6 Å². The Labute approximate surface area is 151 Å². The summed E-state index contributed by atoms with van der Waals surface area (Å²) < 4.78 is 0. The summed E-state index contributed by atoms with van der Waals surface area (Å²) in [5.41, 5.74) is 0.783. The number of benzene rings is 1. The van der Waals surface area contributed by atoms with Crippen molar-refractivity contribution in [3.63, 3.8) is 0 Å². The summed E-state index contributed by atoms with van der Waals surface area (Å²) in [5.74, 6) is -0.225. The van der Waals surface area contributed by atoms with Gasteiger partial charge in [0, 0.05) is 43.9 Å². The number of pyridine rings is 1. The van der Waals surface area contributed by atoms with Gasteiger partial charge in [-0.05, 0) is 23.8 Å². The second-order valence-electron chi connectivity index (χ2n) is 5.74. The van der Waals surface area contributed by atoms with Gasteiger partial charge in [0.15, 0.2) is 0 Å². The molecule has 2 heterocycles. The zero-order valence-electron chi connectivity index (χ0n) is 13.7. The molecule has 1 aliphatic heterocycles. The summed E-state index contributed by atoms with van der Waals surface area (Å²) in [4.78, 5) is 32.4. The summed E-state index contributed by atoms with van der Waals surface area (Å²) in [6.45, 7) is 2.53. The highest BCUT2D eigenvalue weighted by atomic mass is 35.5. The maximum atomic E-state index is 12.3. The molecule has 1 aliphatic rings. The first-order valence-corrected chi connectivity index (χ1v) is 8.49. The third-order valence-corrected chi connectivity index (χ3v) is 4.50. The van der Waals surface area contributed by atoms with Crippen molar-refractivity contribution < 1.29 is 9.59 Å². The van der Waals surface area contributed by atoms with Gasteiger partial charge in [-0.1, -0.05) is 35.9 Å². The molecule has 6 nitrogen and oxygen atoms in total. The smallest absolute Gasteiger partial charge is 0.312 e. The van der Waals surface area contributed by atoms with Crippen molar-refractivity contribution in [3.05, 3.63) is 59.2 Å². The highest BCUT2D eigenvalue weighted by molar-refractivity contribution is 6.35. The van der Waals surface area contributed by atoms with Gasteiger partial charge in [-0.15, -0.1) is 0 Å². The number of nitrogens with one attached hydrogen (secondary N) is 1. The Morgan fingerprint density at radius 3 is 2.44 bits per heavy atom. The van der Waals surface area contributed by atoms with Crippen molar-refractivity contribution >= 4 is 29.2 Å². The van der Waals surface area contributed by atoms with Crippen LogP contribution in [0.3, 0.4) is 0 Å². The van der Waals surface area contributed by atoms with E-state index in [9.17, 15) is 9.59 Å². The van der Waals surface area contributed by atoms with Gasteiger partial charge in [-0.25, -0.2) is 4.98 Å². The molecule has 0 saturated carbocycles. The van der Waals surface area contributed by atoms with Crippen molar-refractivity contribution in [1.29, 1.82) is 0 Å². The molecule has 25 heavy (non-hydrogen) atoms. The number of carbonyl (C=O) groups excluding carboxylic acids is 2. The lowest BCUT2D eigenvalue weighted by molar-refractivity contribution is -0.146. The molecule has 3 rings (SSSR count). The molecule has 0 aliphatic carbocycles. The summed E-state index contributed by atoms with van der Waals surface area (Å²) in [5, 5.41) is 3.21. The monoisotopic (exact) mass is 358 g/mol. The summed E-state index contributed by atoms with van der Waals surface area (Å²) in [6, 6.07) is 13.0. The highest BCUT2D eigenvalue weighted by Gasteiger charge is 2.26. The second kappa shape index (κ2) is 7.98. The van der Waals surface area contributed by atoms with Crippen molar-refractivity contribution in [2.24, 2.45) is 0 Å². The number of rotatable bonds is 3. The number of piperazine rings is 1. The number of nitrogens with zero attached hydrogens (tertiary/aromatic N) is 3. The van der Waals surface area contributed by atoms with Crippen LogP contribution in [-0.4, -0.2) is 47.9 Å². The summed E-state index contributed by atoms with van der Waals surface area (Å²) in [7, 11) is 0. The highest BCUT2D eigenvalue weighted by Crippen LogP contribution is 2.15. The van der Waals surface area contributed by atoms with Crippen LogP contribution in [0.1, 0.15) is 5.56 Å². The van der Waals surface area contributed by atoms with Gasteiger partial charge in [0.25, 0.3) is 0 Å². The topological polar surface area (TPSA) is 65.5 Å². The number of carbonyl (C=O) groups is 2. The largest absolute Gasteiger partial charge is 0.353 e. The van der Waals surface area contributed by atoms with Crippen LogP contribution in [0.4, 0.5) is 5.82 Å². The fraction of sp³-hybridized carbons (Fsp3) is 0.278. The Hall–Kier alpha value is -2.60. The lowest BCUT2D eigenvalue weighted by Gasteiger charge is -2.35. The van der Waals surface area contributed by atoms with Crippen LogP contribution in [0, 0.1) is 0 Å². The Kier molecular flexibility index (Phi) is 5.50. The van der Waals surface area contributed by atoms with Crippen LogP contribution < -0.4 is 10.2 Å². The normalized spacial score (nSPS) is 14.3. The van der Waals surface area contributed by atoms with E-state index in [1.807, 2.05) is 36.4 Å². The Balaban J connectivity index is 1.50. The van der Waals surface area contributed by atoms with Crippen molar-refractivity contribution in [3.8, 4) is 0 Å². The van der Waals surface area contributed by atoms with E-state index in [-0.39, 0.29) is 6.54 Å². The molecule has 0 unspecified atom stereocenters. The van der Waals surface area contributed by atoms with Crippen LogP contribution in [0.15, 0.2) is 48.7 Å². The number of anilines is 1. The quantitative estimate of drug-likeness (QED) is 0.848. The second-order valence-corrected chi connectivity index (χ2v) is 6.15. The molecule has 7 heteroatoms. The Bertz CT molecular complexity index is 746. The van der Waals surface area contributed by atoms with E-state index in [2.05, 4.69) is 15.2 Å². The third-order valence-electron chi connectivity index (χ3n) is 4.13. The molecule has 0 atom stereocenters. The third kappa shape index (κ3) is 4.28. The van der Waals surface area contributed by atoms with Gasteiger partial charge in [-0.2, -0.15) is 0 Å². The molecule has 0 spiro atoms. The van der Waals surface area contributed by atoms with E-state index in [0.29, 0.717) is 31.2 Å². The minimum Gasteiger partial charge on any atom is -0.353 e. The Morgan fingerprint density at radius 2 is 1.76 bits per heavy atom. The van der Waals surface area contributed by atoms with E-state index in [0.717, 1.165) is 11.4 Å². The number of hydrogen-bond acceptors (Lipinski definition) is 4. The molecule has 1 saturated heterocycles. The molecule has 0 radical (unpaired) electrons. The first-order valence-electron chi connectivity index (χ1n) is 8.11. The van der Waals surface area contributed by atoms with Gasteiger partial charge in [0.05, 0.1) is 0 Å². The predicted octanol–water partition coefficient (Wildman–Crippen LogP) is 1.70. The van der Waals surface area contributed by atoms with Crippen LogP contribution in [0.25, 0.3) is 0 Å². The molecule has 130 valence electrons. The summed E-state index contributed by atoms with van der Waals surface area (Å²) >= 11 is 6.05. The minimum absolute atomic E-state index is 0.234. The number of halogens is 1. The number of aromatic nitrogens is 1. The summed E-state index contributed by atoms with van der Waals surface area (Å²) in [6.07, 6.45) is 1.75. The maximum absolute atomic E-state index is 12.3. The molecule has 2 aromatic rings. The van der Waals surface area contributed by atoms with Crippen molar-refractivity contribution in [2.45, 2.75) is 6.54 Å².